The van der Waals surface area contributed by atoms with E-state index in [9.17, 15) is 19.7 Å². The average molecular weight is 295 g/mol. The van der Waals surface area contributed by atoms with Crippen LogP contribution in [0.25, 0.3) is 0 Å². The van der Waals surface area contributed by atoms with Crippen molar-refractivity contribution in [2.75, 3.05) is 12.3 Å². The van der Waals surface area contributed by atoms with E-state index in [1.807, 2.05) is 6.92 Å². The molecule has 3 N–H and O–H groups in total. The van der Waals surface area contributed by atoms with Crippen molar-refractivity contribution in [2.45, 2.75) is 26.4 Å². The third kappa shape index (κ3) is 4.44. The van der Waals surface area contributed by atoms with Crippen LogP contribution in [0, 0.1) is 10.1 Å². The topological polar surface area (TPSA) is 125 Å². The molecule has 0 aliphatic carbocycles. The summed E-state index contributed by atoms with van der Waals surface area (Å²) in [4.78, 5) is 33.6. The summed E-state index contributed by atoms with van der Waals surface area (Å²) in [5.41, 5.74) is 5.23. The number of nitrogens with two attached hydrogens (primary N) is 1. The standard InChI is InChI=1S/C13H17N3O5/c1-3-6-15-12(17)8(2)21-13(18)10-7-9(16(19)20)4-5-11(10)14/h4-5,7-8H,3,6,14H2,1-2H3,(H,15,17)/t8-/m0/s1. The van der Waals surface area contributed by atoms with Crippen LogP contribution in [0.3, 0.4) is 0 Å². The van der Waals surface area contributed by atoms with Crippen molar-refractivity contribution in [1.82, 2.24) is 5.32 Å². The number of carbonyl (C=O) groups excluding carboxylic acids is 2. The first kappa shape index (κ1) is 16.4. The van der Waals surface area contributed by atoms with Gasteiger partial charge in [0.1, 0.15) is 0 Å². The molecule has 0 radical (unpaired) electrons. The highest BCUT2D eigenvalue weighted by Gasteiger charge is 2.21. The van der Waals surface area contributed by atoms with Crippen molar-refractivity contribution >= 4 is 23.3 Å². The van der Waals surface area contributed by atoms with Gasteiger partial charge in [-0.2, -0.15) is 0 Å². The van der Waals surface area contributed by atoms with Gasteiger partial charge in [-0.1, -0.05) is 6.92 Å². The van der Waals surface area contributed by atoms with Gasteiger partial charge in [-0.15, -0.1) is 0 Å². The van der Waals surface area contributed by atoms with Gasteiger partial charge in [0.05, 0.1) is 10.5 Å². The minimum absolute atomic E-state index is 0.0479. The van der Waals surface area contributed by atoms with Crippen LogP contribution in [0.15, 0.2) is 18.2 Å². The first-order chi connectivity index (χ1) is 9.86. The number of hydrogen-bond donors (Lipinski definition) is 2. The number of rotatable bonds is 6. The minimum atomic E-state index is -1.01. The summed E-state index contributed by atoms with van der Waals surface area (Å²) in [6, 6.07) is 3.45. The van der Waals surface area contributed by atoms with Crippen molar-refractivity contribution < 1.29 is 19.2 Å². The third-order valence-corrected chi connectivity index (χ3v) is 2.67. The normalized spacial score (nSPS) is 11.5. The van der Waals surface area contributed by atoms with Crippen LogP contribution in [0.5, 0.6) is 0 Å². The molecule has 114 valence electrons. The maximum atomic E-state index is 11.9. The summed E-state index contributed by atoms with van der Waals surface area (Å²) in [6.07, 6.45) is -0.257. The lowest BCUT2D eigenvalue weighted by molar-refractivity contribution is -0.384. The molecule has 1 amide bonds. The second kappa shape index (κ2) is 7.22. The molecule has 0 saturated heterocycles. The van der Waals surface area contributed by atoms with E-state index in [1.54, 1.807) is 0 Å². The van der Waals surface area contributed by atoms with Crippen LogP contribution in [-0.4, -0.2) is 29.4 Å². The second-order valence-corrected chi connectivity index (χ2v) is 4.37. The number of nitrogens with one attached hydrogen (secondary N) is 1. The van der Waals surface area contributed by atoms with E-state index in [2.05, 4.69) is 5.32 Å². The zero-order chi connectivity index (χ0) is 16.0. The lowest BCUT2D eigenvalue weighted by Crippen LogP contribution is -2.36. The number of hydrogen-bond acceptors (Lipinski definition) is 6. The molecular weight excluding hydrogens is 278 g/mol. The summed E-state index contributed by atoms with van der Waals surface area (Å²) in [5.74, 6) is -1.32. The van der Waals surface area contributed by atoms with Gasteiger partial charge in [0.2, 0.25) is 0 Å². The summed E-state index contributed by atoms with van der Waals surface area (Å²) in [5, 5.41) is 13.3. The Hall–Kier alpha value is -2.64. The number of ether oxygens (including phenoxy) is 1. The molecule has 0 saturated carbocycles. The second-order valence-electron chi connectivity index (χ2n) is 4.37. The van der Waals surface area contributed by atoms with Gasteiger partial charge in [0.25, 0.3) is 11.6 Å². The fraction of sp³-hybridized carbons (Fsp3) is 0.385. The van der Waals surface area contributed by atoms with Gasteiger partial charge in [-0.25, -0.2) is 4.79 Å². The fourth-order valence-corrected chi connectivity index (χ4v) is 1.50. The number of anilines is 1. The number of nitrogens with zero attached hydrogens (tertiary/aromatic N) is 1. The van der Waals surface area contributed by atoms with Gasteiger partial charge in [-0.05, 0) is 19.4 Å². The lowest BCUT2D eigenvalue weighted by Gasteiger charge is -2.13. The molecular formula is C13H17N3O5. The van der Waals surface area contributed by atoms with Crippen LogP contribution in [0.2, 0.25) is 0 Å². The Balaban J connectivity index is 2.82. The Morgan fingerprint density at radius 3 is 2.71 bits per heavy atom. The molecule has 1 aromatic carbocycles. The molecule has 0 bridgehead atoms. The van der Waals surface area contributed by atoms with E-state index in [4.69, 9.17) is 10.5 Å². The van der Waals surface area contributed by atoms with Crippen molar-refractivity contribution in [3.63, 3.8) is 0 Å². The summed E-state index contributed by atoms with van der Waals surface area (Å²) < 4.78 is 4.96. The Morgan fingerprint density at radius 1 is 1.48 bits per heavy atom. The average Bonchev–Trinajstić information content (AvgIpc) is 2.44. The van der Waals surface area contributed by atoms with Crippen LogP contribution in [-0.2, 0) is 9.53 Å². The maximum Gasteiger partial charge on any atom is 0.341 e. The summed E-state index contributed by atoms with van der Waals surface area (Å²) in [7, 11) is 0. The van der Waals surface area contributed by atoms with Crippen LogP contribution in [0.1, 0.15) is 30.6 Å². The number of amides is 1. The van der Waals surface area contributed by atoms with Gasteiger partial charge in [0, 0.05) is 24.4 Å². The van der Waals surface area contributed by atoms with Gasteiger partial charge < -0.3 is 15.8 Å². The summed E-state index contributed by atoms with van der Waals surface area (Å²) in [6.45, 7) is 3.77. The van der Waals surface area contributed by atoms with E-state index < -0.39 is 22.9 Å². The van der Waals surface area contributed by atoms with E-state index in [0.717, 1.165) is 12.5 Å². The molecule has 0 spiro atoms. The molecule has 0 fully saturated rings. The van der Waals surface area contributed by atoms with Crippen LogP contribution < -0.4 is 11.1 Å². The molecule has 0 aliphatic heterocycles. The molecule has 0 aromatic heterocycles. The van der Waals surface area contributed by atoms with Crippen molar-refractivity contribution in [1.29, 1.82) is 0 Å². The quantitative estimate of drug-likeness (QED) is 0.352. The molecule has 0 unspecified atom stereocenters. The van der Waals surface area contributed by atoms with Crippen LogP contribution in [0.4, 0.5) is 11.4 Å². The summed E-state index contributed by atoms with van der Waals surface area (Å²) >= 11 is 0. The SMILES string of the molecule is CCCNC(=O)[C@H](C)OC(=O)c1cc([N+](=O)[O-])ccc1N. The van der Waals surface area contributed by atoms with E-state index in [0.29, 0.717) is 6.54 Å². The monoisotopic (exact) mass is 295 g/mol. The molecule has 1 aromatic rings. The largest absolute Gasteiger partial charge is 0.449 e. The molecule has 1 rings (SSSR count). The van der Waals surface area contributed by atoms with Gasteiger partial charge in [0.15, 0.2) is 6.10 Å². The molecule has 8 nitrogen and oxygen atoms in total. The fourth-order valence-electron chi connectivity index (χ4n) is 1.50. The third-order valence-electron chi connectivity index (χ3n) is 2.67. The molecule has 21 heavy (non-hydrogen) atoms. The zero-order valence-corrected chi connectivity index (χ0v) is 11.8. The Bertz CT molecular complexity index is 559. The Kier molecular flexibility index (Phi) is 5.65. The lowest BCUT2D eigenvalue weighted by atomic mass is 10.1. The van der Waals surface area contributed by atoms with E-state index >= 15 is 0 Å². The molecule has 0 heterocycles. The first-order valence-electron chi connectivity index (χ1n) is 6.39. The Morgan fingerprint density at radius 2 is 2.14 bits per heavy atom. The number of esters is 1. The first-order valence-corrected chi connectivity index (χ1v) is 6.39. The zero-order valence-electron chi connectivity index (χ0n) is 11.8. The number of benzene rings is 1. The Labute approximate surface area is 121 Å². The van der Waals surface area contributed by atoms with E-state index in [-0.39, 0.29) is 16.9 Å². The molecule has 0 aliphatic rings. The number of nitrogen functional groups attached to an aromatic ring is 1. The molecule has 1 atom stereocenters. The number of nitro benzene ring substituents is 1. The highest BCUT2D eigenvalue weighted by molar-refractivity contribution is 5.97. The molecule has 8 heteroatoms. The number of non-ortho nitro benzene ring substituents is 1. The highest BCUT2D eigenvalue weighted by atomic mass is 16.6. The van der Waals surface area contributed by atoms with Gasteiger partial charge >= 0.3 is 5.97 Å². The van der Waals surface area contributed by atoms with Gasteiger partial charge in [-0.3, -0.25) is 14.9 Å². The van der Waals surface area contributed by atoms with Crippen molar-refractivity contribution in [3.8, 4) is 0 Å². The van der Waals surface area contributed by atoms with Crippen molar-refractivity contribution in [2.24, 2.45) is 0 Å². The maximum absolute atomic E-state index is 11.9. The smallest absolute Gasteiger partial charge is 0.341 e. The highest BCUT2D eigenvalue weighted by Crippen LogP contribution is 2.20. The predicted octanol–water partition coefficient (Wildman–Crippen LogP) is 1.25. The van der Waals surface area contributed by atoms with Crippen molar-refractivity contribution in [3.05, 3.63) is 33.9 Å². The number of carbonyl (C=O) groups is 2. The minimum Gasteiger partial charge on any atom is -0.449 e. The van der Waals surface area contributed by atoms with Crippen LogP contribution >= 0.6 is 0 Å². The van der Waals surface area contributed by atoms with E-state index in [1.165, 1.54) is 19.1 Å². The predicted molar refractivity (Wildman–Crippen MR) is 75.7 cm³/mol. The number of nitro groups is 1.